The van der Waals surface area contributed by atoms with Crippen molar-refractivity contribution in [3.63, 3.8) is 0 Å². The summed E-state index contributed by atoms with van der Waals surface area (Å²) in [6.45, 7) is 4.60. The average molecular weight is 369 g/mol. The molecule has 0 unspecified atom stereocenters. The third kappa shape index (κ3) is 3.20. The minimum atomic E-state index is 0.0173. The number of para-hydroxylation sites is 1. The Labute approximate surface area is 164 Å². The Morgan fingerprint density at radius 2 is 1.50 bits per heavy atom. The summed E-state index contributed by atoms with van der Waals surface area (Å²) in [5.41, 5.74) is 5.47. The van der Waals surface area contributed by atoms with Gasteiger partial charge in [0.15, 0.2) is 0 Å². The Kier molecular flexibility index (Phi) is 4.74. The molecular formula is C25H23NO2. The minimum absolute atomic E-state index is 0.0173. The van der Waals surface area contributed by atoms with E-state index < -0.39 is 0 Å². The lowest BCUT2D eigenvalue weighted by Gasteiger charge is -2.15. The molecule has 0 radical (unpaired) electrons. The smallest absolute Gasteiger partial charge is 0.258 e. The lowest BCUT2D eigenvalue weighted by molar-refractivity contribution is 0.408. The van der Waals surface area contributed by atoms with Crippen molar-refractivity contribution in [3.05, 3.63) is 100.0 Å². The highest BCUT2D eigenvalue weighted by Gasteiger charge is 2.13. The summed E-state index contributed by atoms with van der Waals surface area (Å²) in [7, 11) is 1.66. The number of hydrogen-bond acceptors (Lipinski definition) is 2. The van der Waals surface area contributed by atoms with Gasteiger partial charge in [0, 0.05) is 22.7 Å². The van der Waals surface area contributed by atoms with Crippen LogP contribution in [0.1, 0.15) is 16.7 Å². The summed E-state index contributed by atoms with van der Waals surface area (Å²) in [6.07, 6.45) is 1.97. The van der Waals surface area contributed by atoms with E-state index in [-0.39, 0.29) is 5.56 Å². The molecule has 0 aliphatic rings. The van der Waals surface area contributed by atoms with Crippen molar-refractivity contribution in [1.29, 1.82) is 0 Å². The standard InChI is InChI=1S/C25H23NO2/c1-17-13-21-22(14-18(17)2)25(27)26(15-20-11-7-8-12-24(20)28-3)16-23(21)19-9-5-4-6-10-19/h4-14,16H,15H2,1-3H3. The van der Waals surface area contributed by atoms with Gasteiger partial charge < -0.3 is 9.30 Å². The van der Waals surface area contributed by atoms with Crippen molar-refractivity contribution in [2.75, 3.05) is 7.11 Å². The SMILES string of the molecule is COc1ccccc1Cn1cc(-c2ccccc2)c2cc(C)c(C)cc2c1=O. The van der Waals surface area contributed by atoms with Gasteiger partial charge in [0.1, 0.15) is 5.75 Å². The fourth-order valence-corrected chi connectivity index (χ4v) is 3.64. The maximum absolute atomic E-state index is 13.3. The summed E-state index contributed by atoms with van der Waals surface area (Å²) < 4.78 is 7.27. The Morgan fingerprint density at radius 1 is 0.857 bits per heavy atom. The maximum Gasteiger partial charge on any atom is 0.258 e. The van der Waals surface area contributed by atoms with Crippen molar-refractivity contribution < 1.29 is 4.74 Å². The molecule has 0 amide bonds. The van der Waals surface area contributed by atoms with Gasteiger partial charge >= 0.3 is 0 Å². The van der Waals surface area contributed by atoms with Gasteiger partial charge in [-0.3, -0.25) is 4.79 Å². The van der Waals surface area contributed by atoms with E-state index in [4.69, 9.17) is 4.74 Å². The fraction of sp³-hybridized carbons (Fsp3) is 0.160. The monoisotopic (exact) mass is 369 g/mol. The van der Waals surface area contributed by atoms with Gasteiger partial charge in [-0.05, 0) is 48.1 Å². The Morgan fingerprint density at radius 3 is 2.21 bits per heavy atom. The molecule has 4 rings (SSSR count). The number of aryl methyl sites for hydroxylation is 2. The first kappa shape index (κ1) is 18.1. The molecule has 1 heterocycles. The Bertz CT molecular complexity index is 1210. The Balaban J connectivity index is 1.98. The lowest BCUT2D eigenvalue weighted by atomic mass is 9.97. The van der Waals surface area contributed by atoms with E-state index in [0.29, 0.717) is 6.54 Å². The van der Waals surface area contributed by atoms with Gasteiger partial charge in [0.05, 0.1) is 13.7 Å². The van der Waals surface area contributed by atoms with Gasteiger partial charge in [0.25, 0.3) is 5.56 Å². The number of ether oxygens (including phenoxy) is 1. The number of fused-ring (bicyclic) bond motifs is 1. The topological polar surface area (TPSA) is 31.2 Å². The van der Waals surface area contributed by atoms with Gasteiger partial charge in [-0.15, -0.1) is 0 Å². The molecule has 0 saturated carbocycles. The number of hydrogen-bond donors (Lipinski definition) is 0. The third-order valence-electron chi connectivity index (χ3n) is 5.32. The lowest BCUT2D eigenvalue weighted by Crippen LogP contribution is -2.21. The molecule has 3 aromatic carbocycles. The second kappa shape index (κ2) is 7.35. The first-order valence-corrected chi connectivity index (χ1v) is 9.40. The van der Waals surface area contributed by atoms with Gasteiger partial charge in [-0.25, -0.2) is 0 Å². The normalized spacial score (nSPS) is 11.0. The van der Waals surface area contributed by atoms with E-state index in [0.717, 1.165) is 38.8 Å². The largest absolute Gasteiger partial charge is 0.496 e. The molecule has 3 heteroatoms. The molecule has 0 fully saturated rings. The molecule has 0 saturated heterocycles. The average Bonchev–Trinajstić information content (AvgIpc) is 2.72. The zero-order valence-electron chi connectivity index (χ0n) is 16.4. The highest BCUT2D eigenvalue weighted by atomic mass is 16.5. The second-order valence-corrected chi connectivity index (χ2v) is 7.14. The van der Waals surface area contributed by atoms with Gasteiger partial charge in [-0.1, -0.05) is 54.6 Å². The van der Waals surface area contributed by atoms with Crippen LogP contribution in [-0.2, 0) is 6.54 Å². The van der Waals surface area contributed by atoms with Crippen molar-refractivity contribution in [3.8, 4) is 16.9 Å². The summed E-state index contributed by atoms with van der Waals surface area (Å²) in [4.78, 5) is 13.3. The van der Waals surface area contributed by atoms with Crippen LogP contribution in [0.2, 0.25) is 0 Å². The van der Waals surface area contributed by atoms with Crippen molar-refractivity contribution in [2.24, 2.45) is 0 Å². The van der Waals surface area contributed by atoms with Crippen LogP contribution in [0.15, 0.2) is 77.7 Å². The predicted molar refractivity (Wildman–Crippen MR) is 115 cm³/mol. The van der Waals surface area contributed by atoms with Gasteiger partial charge in [-0.2, -0.15) is 0 Å². The molecule has 0 N–H and O–H groups in total. The minimum Gasteiger partial charge on any atom is -0.496 e. The molecule has 1 aromatic heterocycles. The van der Waals surface area contributed by atoms with Crippen LogP contribution in [-0.4, -0.2) is 11.7 Å². The Hall–Kier alpha value is -3.33. The third-order valence-corrected chi connectivity index (χ3v) is 5.32. The molecular weight excluding hydrogens is 346 g/mol. The van der Waals surface area contributed by atoms with E-state index in [9.17, 15) is 4.79 Å². The highest BCUT2D eigenvalue weighted by molar-refractivity contribution is 5.96. The molecule has 4 aromatic rings. The van der Waals surface area contributed by atoms with Gasteiger partial charge in [0.2, 0.25) is 0 Å². The van der Waals surface area contributed by atoms with E-state index in [1.54, 1.807) is 11.7 Å². The number of methoxy groups -OCH3 is 1. The van der Waals surface area contributed by atoms with Crippen LogP contribution in [0, 0.1) is 13.8 Å². The predicted octanol–water partition coefficient (Wildman–Crippen LogP) is 5.34. The van der Waals surface area contributed by atoms with E-state index >= 15 is 0 Å². The van der Waals surface area contributed by atoms with Crippen LogP contribution in [0.3, 0.4) is 0 Å². The molecule has 140 valence electrons. The quantitative estimate of drug-likeness (QED) is 0.486. The van der Waals surface area contributed by atoms with E-state index in [2.05, 4.69) is 25.1 Å². The summed E-state index contributed by atoms with van der Waals surface area (Å²) >= 11 is 0. The molecule has 3 nitrogen and oxygen atoms in total. The molecule has 0 atom stereocenters. The molecule has 0 spiro atoms. The number of benzene rings is 3. The highest BCUT2D eigenvalue weighted by Crippen LogP contribution is 2.29. The molecule has 28 heavy (non-hydrogen) atoms. The number of aromatic nitrogens is 1. The van der Waals surface area contributed by atoms with E-state index in [1.165, 1.54) is 5.56 Å². The maximum atomic E-state index is 13.3. The zero-order valence-corrected chi connectivity index (χ0v) is 16.4. The first-order valence-electron chi connectivity index (χ1n) is 9.40. The van der Waals surface area contributed by atoms with Crippen LogP contribution in [0.5, 0.6) is 5.75 Å². The molecule has 0 aliphatic carbocycles. The van der Waals surface area contributed by atoms with Crippen LogP contribution >= 0.6 is 0 Å². The van der Waals surface area contributed by atoms with Crippen molar-refractivity contribution in [1.82, 2.24) is 4.57 Å². The molecule has 0 bridgehead atoms. The van der Waals surface area contributed by atoms with Crippen molar-refractivity contribution >= 4 is 10.8 Å². The second-order valence-electron chi connectivity index (χ2n) is 7.14. The summed E-state index contributed by atoms with van der Waals surface area (Å²) in [5, 5.41) is 1.75. The summed E-state index contributed by atoms with van der Waals surface area (Å²) in [6, 6.07) is 22.2. The van der Waals surface area contributed by atoms with Crippen LogP contribution < -0.4 is 10.3 Å². The zero-order chi connectivity index (χ0) is 19.7. The first-order chi connectivity index (χ1) is 13.6. The van der Waals surface area contributed by atoms with Crippen molar-refractivity contribution in [2.45, 2.75) is 20.4 Å². The van der Waals surface area contributed by atoms with Crippen LogP contribution in [0.4, 0.5) is 0 Å². The van der Waals surface area contributed by atoms with Crippen LogP contribution in [0.25, 0.3) is 21.9 Å². The number of pyridine rings is 1. The number of rotatable bonds is 4. The summed E-state index contributed by atoms with van der Waals surface area (Å²) in [5.74, 6) is 0.788. The van der Waals surface area contributed by atoms with E-state index in [1.807, 2.05) is 61.7 Å². The number of nitrogens with zero attached hydrogens (tertiary/aromatic N) is 1. The fourth-order valence-electron chi connectivity index (χ4n) is 3.64. The molecule has 0 aliphatic heterocycles.